The number of ether oxygens (including phenoxy) is 2. The summed E-state index contributed by atoms with van der Waals surface area (Å²) >= 11 is 0. The lowest BCUT2D eigenvalue weighted by Gasteiger charge is -2.36. The topological polar surface area (TPSA) is 79.4 Å². The molecule has 0 radical (unpaired) electrons. The van der Waals surface area contributed by atoms with E-state index >= 15 is 0 Å². The van der Waals surface area contributed by atoms with Gasteiger partial charge < -0.3 is 19.3 Å². The molecule has 0 N–H and O–H groups in total. The first kappa shape index (κ1) is 22.2. The Hall–Kier alpha value is -3.01. The molecule has 0 spiro atoms. The van der Waals surface area contributed by atoms with E-state index in [1.807, 2.05) is 4.90 Å². The van der Waals surface area contributed by atoms with Crippen molar-refractivity contribution in [3.05, 3.63) is 48.3 Å². The third-order valence-corrected chi connectivity index (χ3v) is 6.82. The summed E-state index contributed by atoms with van der Waals surface area (Å²) in [7, 11) is -3.53. The maximum atomic E-state index is 14.0. The van der Waals surface area contributed by atoms with E-state index in [-0.39, 0.29) is 31.5 Å². The van der Waals surface area contributed by atoms with E-state index in [4.69, 9.17) is 9.47 Å². The van der Waals surface area contributed by atoms with Crippen molar-refractivity contribution >= 4 is 27.3 Å². The van der Waals surface area contributed by atoms with Gasteiger partial charge in [-0.25, -0.2) is 12.8 Å². The molecule has 0 bridgehead atoms. The van der Waals surface area contributed by atoms with Crippen molar-refractivity contribution in [3.8, 4) is 11.5 Å². The molecule has 10 heteroatoms. The van der Waals surface area contributed by atoms with Gasteiger partial charge in [0.15, 0.2) is 11.5 Å². The van der Waals surface area contributed by atoms with Gasteiger partial charge in [0.2, 0.25) is 22.7 Å². The molecule has 1 saturated heterocycles. The molecule has 8 nitrogen and oxygen atoms in total. The van der Waals surface area contributed by atoms with Crippen LogP contribution in [0.15, 0.2) is 42.5 Å². The molecule has 0 saturated carbocycles. The van der Waals surface area contributed by atoms with Crippen LogP contribution in [0.2, 0.25) is 0 Å². The number of carbonyl (C=O) groups is 1. The number of nitrogens with zero attached hydrogens (tertiary/aromatic N) is 3. The molecule has 0 aliphatic carbocycles. The Morgan fingerprint density at radius 1 is 1.06 bits per heavy atom. The molecule has 2 aliphatic heterocycles. The van der Waals surface area contributed by atoms with E-state index < -0.39 is 10.0 Å². The SMILES string of the molecule is CS(=O)(=O)N(CCCC(=O)N1CCN(c2ccccc2F)CC1)c1ccc2c(c1)OCO2. The van der Waals surface area contributed by atoms with Gasteiger partial charge in [-0.05, 0) is 30.7 Å². The van der Waals surface area contributed by atoms with Crippen molar-refractivity contribution in [1.82, 2.24) is 4.90 Å². The highest BCUT2D eigenvalue weighted by Gasteiger charge is 2.24. The maximum absolute atomic E-state index is 14.0. The molecule has 2 aromatic carbocycles. The summed E-state index contributed by atoms with van der Waals surface area (Å²) in [5, 5.41) is 0. The fourth-order valence-corrected chi connectivity index (χ4v) is 4.92. The molecule has 0 unspecified atom stereocenters. The molecule has 2 heterocycles. The first-order valence-corrected chi connectivity index (χ1v) is 12.3. The van der Waals surface area contributed by atoms with Crippen LogP contribution in [-0.2, 0) is 14.8 Å². The number of hydrogen-bond donors (Lipinski definition) is 0. The number of hydrogen-bond acceptors (Lipinski definition) is 6. The van der Waals surface area contributed by atoms with Crippen LogP contribution in [0.4, 0.5) is 15.8 Å². The molecular weight excluding hydrogens is 437 g/mol. The summed E-state index contributed by atoms with van der Waals surface area (Å²) in [5.74, 6) is 0.779. The standard InChI is InChI=1S/C22H26FN3O5S/c1-32(28,29)26(17-8-9-20-21(15-17)31-16-30-20)10-4-7-22(27)25-13-11-24(12-14-25)19-6-3-2-5-18(19)23/h2-3,5-6,8-9,15H,4,7,10-14,16H2,1H3. The summed E-state index contributed by atoms with van der Waals surface area (Å²) < 4.78 is 50.5. The summed E-state index contributed by atoms with van der Waals surface area (Å²) in [6.07, 6.45) is 1.76. The number of amides is 1. The monoisotopic (exact) mass is 463 g/mol. The van der Waals surface area contributed by atoms with Crippen LogP contribution in [0.5, 0.6) is 11.5 Å². The fourth-order valence-electron chi connectivity index (χ4n) is 3.96. The van der Waals surface area contributed by atoms with Crippen molar-refractivity contribution in [2.75, 3.05) is 55.0 Å². The van der Waals surface area contributed by atoms with Crippen LogP contribution in [0.25, 0.3) is 0 Å². The Morgan fingerprint density at radius 2 is 1.78 bits per heavy atom. The molecule has 2 aliphatic rings. The second-order valence-electron chi connectivity index (χ2n) is 7.80. The van der Waals surface area contributed by atoms with Crippen molar-refractivity contribution in [2.24, 2.45) is 0 Å². The predicted molar refractivity (Wildman–Crippen MR) is 119 cm³/mol. The van der Waals surface area contributed by atoms with Crippen LogP contribution in [0.3, 0.4) is 0 Å². The number of piperazine rings is 1. The lowest BCUT2D eigenvalue weighted by Crippen LogP contribution is -2.49. The van der Waals surface area contributed by atoms with Crippen molar-refractivity contribution in [2.45, 2.75) is 12.8 Å². The Labute approximate surface area is 187 Å². The van der Waals surface area contributed by atoms with Crippen LogP contribution >= 0.6 is 0 Å². The number of sulfonamides is 1. The summed E-state index contributed by atoms with van der Waals surface area (Å²) in [4.78, 5) is 16.3. The number of para-hydroxylation sites is 1. The second kappa shape index (κ2) is 9.23. The lowest BCUT2D eigenvalue weighted by atomic mass is 10.2. The van der Waals surface area contributed by atoms with E-state index in [0.29, 0.717) is 55.5 Å². The molecule has 172 valence electrons. The molecule has 1 amide bonds. The Morgan fingerprint density at radius 3 is 2.50 bits per heavy atom. The highest BCUT2D eigenvalue weighted by Crippen LogP contribution is 2.36. The van der Waals surface area contributed by atoms with Gasteiger partial charge in [0.05, 0.1) is 17.6 Å². The number of halogens is 1. The number of fused-ring (bicyclic) bond motifs is 1. The molecule has 0 atom stereocenters. The minimum Gasteiger partial charge on any atom is -0.454 e. The van der Waals surface area contributed by atoms with Crippen LogP contribution in [0.1, 0.15) is 12.8 Å². The van der Waals surface area contributed by atoms with E-state index in [9.17, 15) is 17.6 Å². The van der Waals surface area contributed by atoms with E-state index in [1.54, 1.807) is 41.3 Å². The number of anilines is 2. The molecule has 4 rings (SSSR count). The van der Waals surface area contributed by atoms with Gasteiger partial charge in [0, 0.05) is 45.2 Å². The average molecular weight is 464 g/mol. The van der Waals surface area contributed by atoms with Gasteiger partial charge in [0.25, 0.3) is 0 Å². The zero-order chi connectivity index (χ0) is 22.7. The predicted octanol–water partition coefficient (Wildman–Crippen LogP) is 2.45. The largest absolute Gasteiger partial charge is 0.454 e. The zero-order valence-corrected chi connectivity index (χ0v) is 18.7. The normalized spacial score (nSPS) is 15.7. The first-order valence-electron chi connectivity index (χ1n) is 10.5. The Bertz CT molecular complexity index is 1090. The summed E-state index contributed by atoms with van der Waals surface area (Å²) in [6.45, 7) is 2.41. The summed E-state index contributed by atoms with van der Waals surface area (Å²) in [5.41, 5.74) is 1.02. The lowest BCUT2D eigenvalue weighted by molar-refractivity contribution is -0.131. The van der Waals surface area contributed by atoms with Crippen LogP contribution in [0, 0.1) is 5.82 Å². The fraction of sp³-hybridized carbons (Fsp3) is 0.409. The smallest absolute Gasteiger partial charge is 0.232 e. The average Bonchev–Trinajstić information content (AvgIpc) is 3.24. The highest BCUT2D eigenvalue weighted by molar-refractivity contribution is 7.92. The van der Waals surface area contributed by atoms with Crippen LogP contribution in [-0.4, -0.2) is 65.0 Å². The minimum absolute atomic E-state index is 0.0303. The highest BCUT2D eigenvalue weighted by atomic mass is 32.2. The number of rotatable bonds is 7. The zero-order valence-electron chi connectivity index (χ0n) is 17.9. The van der Waals surface area contributed by atoms with Crippen molar-refractivity contribution in [3.63, 3.8) is 0 Å². The Kier molecular flexibility index (Phi) is 6.40. The van der Waals surface area contributed by atoms with Gasteiger partial charge in [0.1, 0.15) is 5.82 Å². The van der Waals surface area contributed by atoms with E-state index in [1.165, 1.54) is 10.4 Å². The third-order valence-electron chi connectivity index (χ3n) is 5.62. The van der Waals surface area contributed by atoms with Gasteiger partial charge in [-0.15, -0.1) is 0 Å². The second-order valence-corrected chi connectivity index (χ2v) is 9.70. The molecule has 2 aromatic rings. The third kappa shape index (κ3) is 4.90. The van der Waals surface area contributed by atoms with E-state index in [0.717, 1.165) is 6.26 Å². The number of carbonyl (C=O) groups excluding carboxylic acids is 1. The van der Waals surface area contributed by atoms with Gasteiger partial charge in [-0.1, -0.05) is 12.1 Å². The minimum atomic E-state index is -3.53. The van der Waals surface area contributed by atoms with Crippen LogP contribution < -0.4 is 18.7 Å². The van der Waals surface area contributed by atoms with Crippen molar-refractivity contribution < 1.29 is 27.1 Å². The Balaban J connectivity index is 1.31. The van der Waals surface area contributed by atoms with Gasteiger partial charge in [-0.2, -0.15) is 0 Å². The van der Waals surface area contributed by atoms with E-state index in [2.05, 4.69) is 0 Å². The van der Waals surface area contributed by atoms with Gasteiger partial charge >= 0.3 is 0 Å². The first-order chi connectivity index (χ1) is 15.3. The molecule has 0 aromatic heterocycles. The van der Waals surface area contributed by atoms with Gasteiger partial charge in [-0.3, -0.25) is 9.10 Å². The summed E-state index contributed by atoms with van der Waals surface area (Å²) in [6, 6.07) is 11.6. The van der Waals surface area contributed by atoms with Crippen molar-refractivity contribution in [1.29, 1.82) is 0 Å². The molecule has 32 heavy (non-hydrogen) atoms. The quantitative estimate of drug-likeness (QED) is 0.628. The maximum Gasteiger partial charge on any atom is 0.232 e. The molecular formula is C22H26FN3O5S. The number of benzene rings is 2. The molecule has 1 fully saturated rings.